The Kier molecular flexibility index (Phi) is 10.0. The van der Waals surface area contributed by atoms with Crippen LogP contribution in [0.4, 0.5) is 0 Å². The molecule has 0 radical (unpaired) electrons. The summed E-state index contributed by atoms with van der Waals surface area (Å²) in [5.41, 5.74) is 13.0. The molecule has 0 heterocycles. The number of fused-ring (bicyclic) bond motifs is 5. The zero-order valence-corrected chi connectivity index (χ0v) is 26.7. The first-order valence-corrected chi connectivity index (χ1v) is 13.5. The maximum Gasteiger partial charge on any atom is -1.00 e. The molecule has 0 aromatic heterocycles. The molecule has 0 amide bonds. The Hall–Kier alpha value is -1.27. The summed E-state index contributed by atoms with van der Waals surface area (Å²) in [7, 11) is 0. The topological polar surface area (TPSA) is 0 Å². The Labute approximate surface area is 246 Å². The maximum atomic E-state index is 3.50. The van der Waals surface area contributed by atoms with Crippen LogP contribution in [0.25, 0.3) is 23.3 Å². The molecule has 188 valence electrons. The SMILES string of the molecule is CC1(C)[C-]=Cc2cc3c(cc21)Cc1cc2c(cc1-3)C=CC2(C)C.CC1=CC(C)[C-]=C1.C[C](C)=[Zr+2].[Cl-].[Cl-]. The average molecular weight is 595 g/mol. The minimum atomic E-state index is 0. The van der Waals surface area contributed by atoms with Gasteiger partial charge in [0.1, 0.15) is 0 Å². The van der Waals surface area contributed by atoms with Crippen molar-refractivity contribution in [1.82, 2.24) is 0 Å². The molecular formula is C33H36Cl2Zr-2. The van der Waals surface area contributed by atoms with E-state index in [4.69, 9.17) is 0 Å². The molecule has 1 unspecified atom stereocenters. The molecule has 0 aliphatic heterocycles. The second-order valence-electron chi connectivity index (χ2n) is 11.3. The summed E-state index contributed by atoms with van der Waals surface area (Å²) in [4.78, 5) is 0. The van der Waals surface area contributed by atoms with Gasteiger partial charge in [-0.05, 0) is 45.9 Å². The predicted molar refractivity (Wildman–Crippen MR) is 145 cm³/mol. The quantitative estimate of drug-likeness (QED) is 0.351. The smallest absolute Gasteiger partial charge is 1.00 e. The summed E-state index contributed by atoms with van der Waals surface area (Å²) in [5, 5.41) is 0. The Morgan fingerprint density at radius 1 is 0.889 bits per heavy atom. The van der Waals surface area contributed by atoms with E-state index in [0.717, 1.165) is 6.42 Å². The molecule has 0 N–H and O–H groups in total. The van der Waals surface area contributed by atoms with Crippen molar-refractivity contribution in [2.45, 2.75) is 72.6 Å². The predicted octanol–water partition coefficient (Wildman–Crippen LogP) is 2.36. The van der Waals surface area contributed by atoms with Gasteiger partial charge >= 0.3 is 41.3 Å². The Balaban J connectivity index is 0.000000297. The van der Waals surface area contributed by atoms with Crippen LogP contribution in [0.5, 0.6) is 0 Å². The van der Waals surface area contributed by atoms with Gasteiger partial charge < -0.3 is 24.8 Å². The summed E-state index contributed by atoms with van der Waals surface area (Å²) in [6.45, 7) is 17.6. The summed E-state index contributed by atoms with van der Waals surface area (Å²) in [5.74, 6) is 0.556. The monoisotopic (exact) mass is 592 g/mol. The van der Waals surface area contributed by atoms with E-state index in [1.165, 1.54) is 53.3 Å². The molecule has 1 atom stereocenters. The summed E-state index contributed by atoms with van der Waals surface area (Å²) in [6.07, 6.45) is 18.7. The molecule has 4 aliphatic carbocycles. The fourth-order valence-electron chi connectivity index (χ4n) is 5.16. The summed E-state index contributed by atoms with van der Waals surface area (Å²) >= 11 is 1.55. The minimum absolute atomic E-state index is 0. The molecule has 4 aliphatic rings. The van der Waals surface area contributed by atoms with Gasteiger partial charge in [-0.1, -0.05) is 70.2 Å². The van der Waals surface area contributed by atoms with E-state index in [1.54, 1.807) is 24.2 Å². The third kappa shape index (κ3) is 6.41. The third-order valence-electron chi connectivity index (χ3n) is 6.94. The van der Waals surface area contributed by atoms with E-state index in [2.05, 4.69) is 116 Å². The van der Waals surface area contributed by atoms with Gasteiger partial charge in [-0.25, -0.2) is 17.7 Å². The maximum absolute atomic E-state index is 3.50. The third-order valence-corrected chi connectivity index (χ3v) is 6.94. The number of hydrogen-bond acceptors (Lipinski definition) is 0. The molecule has 0 saturated carbocycles. The van der Waals surface area contributed by atoms with Gasteiger partial charge in [0.2, 0.25) is 0 Å². The fourth-order valence-corrected chi connectivity index (χ4v) is 5.16. The molecule has 0 bridgehead atoms. The van der Waals surface area contributed by atoms with E-state index in [-0.39, 0.29) is 35.6 Å². The van der Waals surface area contributed by atoms with E-state index >= 15 is 0 Å². The first-order valence-electron chi connectivity index (χ1n) is 12.3. The molecule has 3 heteroatoms. The van der Waals surface area contributed by atoms with E-state index in [9.17, 15) is 0 Å². The molecule has 36 heavy (non-hydrogen) atoms. The van der Waals surface area contributed by atoms with Gasteiger partial charge in [-0.2, -0.15) is 11.6 Å². The van der Waals surface area contributed by atoms with Crippen molar-refractivity contribution in [3.05, 3.63) is 93.6 Å². The second-order valence-corrected chi connectivity index (χ2v) is 13.8. The van der Waals surface area contributed by atoms with Crippen molar-refractivity contribution in [3.63, 3.8) is 0 Å². The molecule has 0 saturated heterocycles. The zero-order chi connectivity index (χ0) is 24.8. The first-order chi connectivity index (χ1) is 15.9. The van der Waals surface area contributed by atoms with Gasteiger partial charge in [0, 0.05) is 5.41 Å². The molecule has 2 aromatic carbocycles. The van der Waals surface area contributed by atoms with Crippen LogP contribution in [0.15, 0.2) is 48.1 Å². The summed E-state index contributed by atoms with van der Waals surface area (Å²) in [6, 6.07) is 9.66. The van der Waals surface area contributed by atoms with Crippen molar-refractivity contribution in [3.8, 4) is 11.1 Å². The zero-order valence-electron chi connectivity index (χ0n) is 22.7. The molecular weight excluding hydrogens is 558 g/mol. The van der Waals surface area contributed by atoms with Crippen LogP contribution in [0.1, 0.15) is 88.8 Å². The number of hydrogen-bond donors (Lipinski definition) is 0. The van der Waals surface area contributed by atoms with Crippen LogP contribution < -0.4 is 24.8 Å². The minimum Gasteiger partial charge on any atom is -1.00 e. The van der Waals surface area contributed by atoms with E-state index in [0.29, 0.717) is 5.92 Å². The van der Waals surface area contributed by atoms with Crippen LogP contribution in [0.2, 0.25) is 0 Å². The Bertz CT molecular complexity index is 1200. The van der Waals surface area contributed by atoms with Gasteiger partial charge in [0.15, 0.2) is 0 Å². The molecule has 6 rings (SSSR count). The normalized spacial score (nSPS) is 19.3. The van der Waals surface area contributed by atoms with Crippen molar-refractivity contribution >= 4 is 15.4 Å². The van der Waals surface area contributed by atoms with Crippen LogP contribution in [-0.2, 0) is 41.5 Å². The van der Waals surface area contributed by atoms with Gasteiger partial charge in [-0.3, -0.25) is 12.2 Å². The van der Waals surface area contributed by atoms with Crippen LogP contribution >= 0.6 is 0 Å². The molecule has 2 aromatic rings. The first kappa shape index (κ1) is 31.0. The number of halogens is 2. The van der Waals surface area contributed by atoms with E-state index in [1.807, 2.05) is 6.08 Å². The Morgan fingerprint density at radius 3 is 1.94 bits per heavy atom. The largest absolute Gasteiger partial charge is 1.00 e. The van der Waals surface area contributed by atoms with Crippen LogP contribution in [0.3, 0.4) is 0 Å². The van der Waals surface area contributed by atoms with Crippen molar-refractivity contribution in [1.29, 1.82) is 0 Å². The van der Waals surface area contributed by atoms with Gasteiger partial charge in [0.05, 0.1) is 0 Å². The standard InChI is InChI=1S/C23H21.C7H9.C3H6.2ClH.Zr/c1-22(2)7-5-14-10-18-16(12-20(14)22)9-17-13-21-15(11-19(17)18)6-8-23(21,3)4;1-6-3-4-7(2)5-6;1-3-2;;;/h5-7,10-13H,9H2,1-4H3;3,5,7H,1-2H3;1-2H3;2*1H;/q2*-1;;;;+2/p-2. The molecule has 0 spiro atoms. The van der Waals surface area contributed by atoms with Gasteiger partial charge in [0.25, 0.3) is 0 Å². The van der Waals surface area contributed by atoms with Crippen molar-refractivity contribution in [2.75, 3.05) is 0 Å². The van der Waals surface area contributed by atoms with Crippen molar-refractivity contribution < 1.29 is 49.0 Å². The van der Waals surface area contributed by atoms with Gasteiger partial charge in [-0.15, -0.1) is 18.6 Å². The average Bonchev–Trinajstić information content (AvgIpc) is 3.45. The fraction of sp³-hybridized carbons (Fsp3) is 0.364. The Morgan fingerprint density at radius 2 is 1.44 bits per heavy atom. The number of benzene rings is 2. The van der Waals surface area contributed by atoms with Crippen LogP contribution in [-0.4, -0.2) is 3.21 Å². The number of allylic oxidation sites excluding steroid dienone is 6. The number of rotatable bonds is 0. The summed E-state index contributed by atoms with van der Waals surface area (Å²) < 4.78 is 1.51. The molecule has 0 fully saturated rings. The van der Waals surface area contributed by atoms with Crippen LogP contribution in [0, 0.1) is 18.1 Å². The van der Waals surface area contributed by atoms with E-state index < -0.39 is 0 Å². The molecule has 0 nitrogen and oxygen atoms in total. The van der Waals surface area contributed by atoms with Crippen molar-refractivity contribution in [2.24, 2.45) is 5.92 Å². The second kappa shape index (κ2) is 11.6.